The largest absolute Gasteiger partial charge is 0.462 e. The molecule has 0 amide bonds. The number of rotatable bonds is 7. The van der Waals surface area contributed by atoms with Crippen LogP contribution in [-0.2, 0) is 4.74 Å². The van der Waals surface area contributed by atoms with Gasteiger partial charge in [-0.15, -0.1) is 0 Å². The molecular weight excluding hydrogens is 388 g/mol. The van der Waals surface area contributed by atoms with Gasteiger partial charge in [-0.25, -0.2) is 4.79 Å². The molecule has 1 heterocycles. The molecule has 1 aromatic heterocycles. The Labute approximate surface area is 174 Å². The van der Waals surface area contributed by atoms with Gasteiger partial charge in [-0.3, -0.25) is 4.79 Å². The van der Waals surface area contributed by atoms with Crippen LogP contribution in [0.5, 0.6) is 0 Å². The van der Waals surface area contributed by atoms with E-state index >= 15 is 0 Å². The molecule has 4 nitrogen and oxygen atoms in total. The highest BCUT2D eigenvalue weighted by molar-refractivity contribution is 6.33. The lowest BCUT2D eigenvalue weighted by Crippen LogP contribution is -2.10. The van der Waals surface area contributed by atoms with Crippen molar-refractivity contribution in [3.05, 3.63) is 88.6 Å². The number of furan rings is 1. The molecule has 0 N–H and O–H groups in total. The molecule has 3 aromatic rings. The molecule has 29 heavy (non-hydrogen) atoms. The number of hydrogen-bond donors (Lipinski definition) is 0. The molecule has 0 fully saturated rings. The van der Waals surface area contributed by atoms with Crippen LogP contribution in [0.2, 0.25) is 5.02 Å². The topological polar surface area (TPSA) is 56.5 Å². The summed E-state index contributed by atoms with van der Waals surface area (Å²) < 4.78 is 11.1. The summed E-state index contributed by atoms with van der Waals surface area (Å²) in [6.45, 7) is 4.25. The van der Waals surface area contributed by atoms with E-state index < -0.39 is 5.97 Å². The average Bonchev–Trinajstić information content (AvgIpc) is 3.20. The number of carbonyl (C=O) groups excluding carboxylic acids is 2. The van der Waals surface area contributed by atoms with Crippen molar-refractivity contribution in [2.24, 2.45) is 5.92 Å². The molecule has 0 aliphatic heterocycles. The maximum Gasteiger partial charge on any atom is 0.339 e. The summed E-state index contributed by atoms with van der Waals surface area (Å²) >= 11 is 6.16. The molecule has 2 aromatic carbocycles. The lowest BCUT2D eigenvalue weighted by Gasteiger charge is -2.09. The second kappa shape index (κ2) is 9.39. The Hall–Kier alpha value is -3.11. The molecule has 0 saturated carbocycles. The molecule has 0 spiro atoms. The zero-order chi connectivity index (χ0) is 20.8. The highest BCUT2D eigenvalue weighted by Gasteiger charge is 2.15. The van der Waals surface area contributed by atoms with E-state index in [0.717, 1.165) is 0 Å². The standard InChI is InChI=1S/C24H21ClO4/c1-16(2)15-28-24(27)20-14-18(8-11-21(20)25)23-13-10-19(29-23)9-12-22(26)17-6-4-3-5-7-17/h3-14,16H,15H2,1-2H3/b12-9+. The molecule has 0 radical (unpaired) electrons. The first kappa shape index (κ1) is 20.6. The number of esters is 1. The molecule has 5 heteroatoms. The average molecular weight is 409 g/mol. The Bertz CT molecular complexity index is 1030. The second-order valence-corrected chi connectivity index (χ2v) is 7.36. The van der Waals surface area contributed by atoms with Gasteiger partial charge in [0.1, 0.15) is 11.5 Å². The minimum Gasteiger partial charge on any atom is -0.462 e. The molecule has 0 aliphatic carbocycles. The van der Waals surface area contributed by atoms with E-state index in [-0.39, 0.29) is 17.3 Å². The van der Waals surface area contributed by atoms with Gasteiger partial charge in [0.15, 0.2) is 5.78 Å². The Morgan fingerprint density at radius 3 is 2.55 bits per heavy atom. The highest BCUT2D eigenvalue weighted by atomic mass is 35.5. The van der Waals surface area contributed by atoms with Crippen LogP contribution >= 0.6 is 11.6 Å². The molecule has 0 atom stereocenters. The predicted octanol–water partition coefficient (Wildman–Crippen LogP) is 6.31. The Kier molecular flexibility index (Phi) is 6.68. The smallest absolute Gasteiger partial charge is 0.339 e. The van der Waals surface area contributed by atoms with Crippen molar-refractivity contribution in [2.75, 3.05) is 6.61 Å². The molecule has 3 rings (SSSR count). The highest BCUT2D eigenvalue weighted by Crippen LogP contribution is 2.28. The molecular formula is C24H21ClO4. The summed E-state index contributed by atoms with van der Waals surface area (Å²) in [5.74, 6) is 0.754. The lowest BCUT2D eigenvalue weighted by molar-refractivity contribution is 0.0459. The third kappa shape index (κ3) is 5.46. The quantitative estimate of drug-likeness (QED) is 0.261. The number of ketones is 1. The van der Waals surface area contributed by atoms with Gasteiger partial charge in [-0.2, -0.15) is 0 Å². The number of halogens is 1. The van der Waals surface area contributed by atoms with Gasteiger partial charge in [-0.1, -0.05) is 55.8 Å². The SMILES string of the molecule is CC(C)COC(=O)c1cc(-c2ccc(/C=C/C(=O)c3ccccc3)o2)ccc1Cl. The summed E-state index contributed by atoms with van der Waals surface area (Å²) in [7, 11) is 0. The Morgan fingerprint density at radius 1 is 1.07 bits per heavy atom. The van der Waals surface area contributed by atoms with E-state index in [2.05, 4.69) is 0 Å². The van der Waals surface area contributed by atoms with E-state index in [1.807, 2.05) is 32.0 Å². The summed E-state index contributed by atoms with van der Waals surface area (Å²) in [5, 5.41) is 0.322. The van der Waals surface area contributed by atoms with Crippen LogP contribution in [0.4, 0.5) is 0 Å². The van der Waals surface area contributed by atoms with Gasteiger partial charge in [0.2, 0.25) is 0 Å². The van der Waals surface area contributed by atoms with Gasteiger partial charge < -0.3 is 9.15 Å². The fourth-order valence-electron chi connectivity index (χ4n) is 2.61. The third-order valence-electron chi connectivity index (χ3n) is 4.10. The first-order valence-electron chi connectivity index (χ1n) is 9.28. The van der Waals surface area contributed by atoms with Crippen molar-refractivity contribution in [3.63, 3.8) is 0 Å². The van der Waals surface area contributed by atoms with Gasteiger partial charge in [0, 0.05) is 11.1 Å². The Balaban J connectivity index is 1.76. The van der Waals surface area contributed by atoms with Gasteiger partial charge in [-0.05, 0) is 48.4 Å². The minimum absolute atomic E-state index is 0.106. The second-order valence-electron chi connectivity index (χ2n) is 6.95. The van der Waals surface area contributed by atoms with E-state index in [4.69, 9.17) is 20.8 Å². The van der Waals surface area contributed by atoms with E-state index in [9.17, 15) is 9.59 Å². The normalized spacial score (nSPS) is 11.2. The zero-order valence-electron chi connectivity index (χ0n) is 16.2. The van der Waals surface area contributed by atoms with E-state index in [1.54, 1.807) is 48.5 Å². The molecule has 0 aliphatic rings. The number of allylic oxidation sites excluding steroid dienone is 1. The van der Waals surface area contributed by atoms with Gasteiger partial charge in [0.05, 0.1) is 17.2 Å². The summed E-state index contributed by atoms with van der Waals surface area (Å²) in [5.41, 5.74) is 1.59. The first-order chi connectivity index (χ1) is 13.9. The van der Waals surface area contributed by atoms with Gasteiger partial charge >= 0.3 is 5.97 Å². The summed E-state index contributed by atoms with van der Waals surface area (Å²) in [6, 6.07) is 17.6. The number of ether oxygens (including phenoxy) is 1. The minimum atomic E-state index is -0.467. The van der Waals surface area contributed by atoms with Crippen molar-refractivity contribution in [3.8, 4) is 11.3 Å². The fraction of sp³-hybridized carbons (Fsp3) is 0.167. The third-order valence-corrected chi connectivity index (χ3v) is 4.43. The first-order valence-corrected chi connectivity index (χ1v) is 9.66. The van der Waals surface area contributed by atoms with Crippen molar-refractivity contribution in [2.45, 2.75) is 13.8 Å². The number of hydrogen-bond acceptors (Lipinski definition) is 4. The fourth-order valence-corrected chi connectivity index (χ4v) is 2.80. The Morgan fingerprint density at radius 2 is 1.83 bits per heavy atom. The van der Waals surface area contributed by atoms with Crippen molar-refractivity contribution in [1.82, 2.24) is 0 Å². The maximum absolute atomic E-state index is 12.3. The molecule has 148 valence electrons. The predicted molar refractivity (Wildman–Crippen MR) is 114 cm³/mol. The van der Waals surface area contributed by atoms with Crippen LogP contribution in [0.15, 0.2) is 71.2 Å². The monoisotopic (exact) mass is 408 g/mol. The van der Waals surface area contributed by atoms with Crippen molar-refractivity contribution < 1.29 is 18.7 Å². The van der Waals surface area contributed by atoms with Crippen molar-refractivity contribution in [1.29, 1.82) is 0 Å². The van der Waals surface area contributed by atoms with Crippen molar-refractivity contribution >= 4 is 29.4 Å². The van der Waals surface area contributed by atoms with Crippen LogP contribution in [0, 0.1) is 5.92 Å². The van der Waals surface area contributed by atoms with E-state index in [1.165, 1.54) is 6.08 Å². The van der Waals surface area contributed by atoms with Crippen LogP contribution in [0.25, 0.3) is 17.4 Å². The van der Waals surface area contributed by atoms with Crippen LogP contribution < -0.4 is 0 Å². The molecule has 0 bridgehead atoms. The number of benzene rings is 2. The zero-order valence-corrected chi connectivity index (χ0v) is 17.0. The lowest BCUT2D eigenvalue weighted by atomic mass is 10.1. The van der Waals surface area contributed by atoms with E-state index in [0.29, 0.717) is 34.3 Å². The van der Waals surface area contributed by atoms with Gasteiger partial charge in [0.25, 0.3) is 0 Å². The van der Waals surface area contributed by atoms with Crippen LogP contribution in [-0.4, -0.2) is 18.4 Å². The maximum atomic E-state index is 12.3. The molecule has 0 unspecified atom stereocenters. The number of carbonyl (C=O) groups is 2. The summed E-state index contributed by atoms with van der Waals surface area (Å²) in [4.78, 5) is 24.5. The molecule has 0 saturated heterocycles. The summed E-state index contributed by atoms with van der Waals surface area (Å²) in [6.07, 6.45) is 3.08. The van der Waals surface area contributed by atoms with Crippen LogP contribution in [0.1, 0.15) is 40.3 Å². The van der Waals surface area contributed by atoms with Crippen LogP contribution in [0.3, 0.4) is 0 Å².